The molecule has 7 heteroatoms. The maximum Gasteiger partial charge on any atom is 0.339 e. The predicted molar refractivity (Wildman–Crippen MR) is 130 cm³/mol. The second kappa shape index (κ2) is 10.5. The van der Waals surface area contributed by atoms with E-state index >= 15 is 0 Å². The van der Waals surface area contributed by atoms with Gasteiger partial charge in [0.25, 0.3) is 0 Å². The van der Waals surface area contributed by atoms with E-state index in [1.807, 2.05) is 52.8 Å². The maximum absolute atomic E-state index is 13.2. The van der Waals surface area contributed by atoms with Crippen molar-refractivity contribution >= 4 is 17.6 Å². The third-order valence-corrected chi connectivity index (χ3v) is 6.30. The van der Waals surface area contributed by atoms with Crippen LogP contribution in [0.5, 0.6) is 0 Å². The summed E-state index contributed by atoms with van der Waals surface area (Å²) < 4.78 is 20.5. The second-order valence-corrected chi connectivity index (χ2v) is 8.36. The Morgan fingerprint density at radius 1 is 0.971 bits per heavy atom. The van der Waals surface area contributed by atoms with Crippen LogP contribution >= 0.6 is 0 Å². The van der Waals surface area contributed by atoms with E-state index in [0.717, 1.165) is 22.6 Å². The molecule has 0 atom stereocenters. The van der Waals surface area contributed by atoms with Gasteiger partial charge in [-0.05, 0) is 49.7 Å². The van der Waals surface area contributed by atoms with Crippen LogP contribution < -0.4 is 4.90 Å². The van der Waals surface area contributed by atoms with Crippen molar-refractivity contribution in [3.8, 4) is 11.3 Å². The minimum Gasteiger partial charge on any atom is -0.462 e. The molecule has 1 aliphatic heterocycles. The number of aromatic nitrogens is 1. The van der Waals surface area contributed by atoms with Gasteiger partial charge in [0.2, 0.25) is 5.91 Å². The van der Waals surface area contributed by atoms with Crippen molar-refractivity contribution in [1.29, 1.82) is 0 Å². The Balaban J connectivity index is 1.44. The standard InChI is InChI=1S/C27H30FN3O3/c1-3-34-27(33)24-19-25(21-7-5-4-6-8-21)31(20(24)2)14-13-26(32)30-17-15-29(16-18-30)23-11-9-22(28)10-12-23/h4-12,19H,3,13-18H2,1-2H3. The summed E-state index contributed by atoms with van der Waals surface area (Å²) in [5.74, 6) is -0.512. The van der Waals surface area contributed by atoms with Gasteiger partial charge in [-0.3, -0.25) is 4.79 Å². The third-order valence-electron chi connectivity index (χ3n) is 6.30. The van der Waals surface area contributed by atoms with Crippen LogP contribution in [0.25, 0.3) is 11.3 Å². The van der Waals surface area contributed by atoms with Crippen LogP contribution in [0.2, 0.25) is 0 Å². The number of hydrogen-bond acceptors (Lipinski definition) is 4. The van der Waals surface area contributed by atoms with Gasteiger partial charge in [0, 0.05) is 56.2 Å². The van der Waals surface area contributed by atoms with Gasteiger partial charge in [0.1, 0.15) is 5.82 Å². The Kier molecular flexibility index (Phi) is 7.30. The van der Waals surface area contributed by atoms with E-state index in [1.54, 1.807) is 19.1 Å². The Hall–Kier alpha value is -3.61. The Labute approximate surface area is 199 Å². The molecule has 1 aromatic heterocycles. The summed E-state index contributed by atoms with van der Waals surface area (Å²) in [6.45, 7) is 7.14. The molecule has 3 aromatic rings. The lowest BCUT2D eigenvalue weighted by atomic mass is 10.1. The van der Waals surface area contributed by atoms with Crippen LogP contribution in [0.15, 0.2) is 60.7 Å². The van der Waals surface area contributed by atoms with Crippen LogP contribution in [0.4, 0.5) is 10.1 Å². The van der Waals surface area contributed by atoms with Gasteiger partial charge in [0.15, 0.2) is 0 Å². The highest BCUT2D eigenvalue weighted by atomic mass is 19.1. The summed E-state index contributed by atoms with van der Waals surface area (Å²) in [4.78, 5) is 29.5. The minimum absolute atomic E-state index is 0.0866. The molecule has 6 nitrogen and oxygen atoms in total. The quantitative estimate of drug-likeness (QED) is 0.484. The van der Waals surface area contributed by atoms with Crippen LogP contribution in [0.3, 0.4) is 0 Å². The molecule has 1 fully saturated rings. The van der Waals surface area contributed by atoms with Gasteiger partial charge in [-0.15, -0.1) is 0 Å². The van der Waals surface area contributed by atoms with Gasteiger partial charge in [-0.25, -0.2) is 9.18 Å². The summed E-state index contributed by atoms with van der Waals surface area (Å²) in [7, 11) is 0. The number of nitrogens with zero attached hydrogens (tertiary/aromatic N) is 3. The molecule has 1 aliphatic rings. The minimum atomic E-state index is -0.348. The van der Waals surface area contributed by atoms with E-state index in [0.29, 0.717) is 51.3 Å². The Bertz CT molecular complexity index is 1130. The highest BCUT2D eigenvalue weighted by Crippen LogP contribution is 2.27. The highest BCUT2D eigenvalue weighted by Gasteiger charge is 2.23. The molecule has 178 valence electrons. The van der Waals surface area contributed by atoms with Crippen LogP contribution in [-0.2, 0) is 16.1 Å². The number of rotatable bonds is 7. The predicted octanol–water partition coefficient (Wildman–Crippen LogP) is 4.52. The average molecular weight is 464 g/mol. The van der Waals surface area contributed by atoms with Crippen molar-refractivity contribution in [2.45, 2.75) is 26.8 Å². The van der Waals surface area contributed by atoms with E-state index in [9.17, 15) is 14.0 Å². The average Bonchev–Trinajstić information content (AvgIpc) is 3.20. The fourth-order valence-corrected chi connectivity index (χ4v) is 4.43. The first-order chi connectivity index (χ1) is 16.5. The summed E-state index contributed by atoms with van der Waals surface area (Å²) in [6.07, 6.45) is 0.341. The van der Waals surface area contributed by atoms with E-state index in [4.69, 9.17) is 4.74 Å². The van der Waals surface area contributed by atoms with Crippen LogP contribution in [0, 0.1) is 12.7 Å². The normalized spacial score (nSPS) is 13.7. The zero-order valence-corrected chi connectivity index (χ0v) is 19.7. The molecule has 0 N–H and O–H groups in total. The molecule has 0 saturated carbocycles. The van der Waals surface area contributed by atoms with Crippen molar-refractivity contribution in [3.63, 3.8) is 0 Å². The summed E-state index contributed by atoms with van der Waals surface area (Å²) in [5.41, 5.74) is 4.18. The number of hydrogen-bond donors (Lipinski definition) is 0. The number of amides is 1. The Morgan fingerprint density at radius 3 is 2.29 bits per heavy atom. The zero-order chi connectivity index (χ0) is 24.1. The zero-order valence-electron chi connectivity index (χ0n) is 19.7. The van der Waals surface area contributed by atoms with E-state index in [-0.39, 0.29) is 17.7 Å². The Morgan fingerprint density at radius 2 is 1.65 bits per heavy atom. The lowest BCUT2D eigenvalue weighted by Gasteiger charge is -2.36. The largest absolute Gasteiger partial charge is 0.462 e. The monoisotopic (exact) mass is 463 g/mol. The number of carbonyl (C=O) groups excluding carboxylic acids is 2. The first kappa shape index (κ1) is 23.5. The molecule has 0 aliphatic carbocycles. The topological polar surface area (TPSA) is 54.8 Å². The van der Waals surface area contributed by atoms with Gasteiger partial charge >= 0.3 is 5.97 Å². The molecule has 1 saturated heterocycles. The molecule has 2 aromatic carbocycles. The number of piperazine rings is 1. The SMILES string of the molecule is CCOC(=O)c1cc(-c2ccccc2)n(CCC(=O)N2CCN(c3ccc(F)cc3)CC2)c1C. The molecule has 0 spiro atoms. The maximum atomic E-state index is 13.2. The number of benzene rings is 2. The first-order valence-corrected chi connectivity index (χ1v) is 11.7. The van der Waals surface area contributed by atoms with E-state index in [2.05, 4.69) is 4.90 Å². The molecule has 0 radical (unpaired) electrons. The number of halogens is 1. The lowest BCUT2D eigenvalue weighted by molar-refractivity contribution is -0.131. The number of anilines is 1. The van der Waals surface area contributed by atoms with Gasteiger partial charge in [-0.1, -0.05) is 30.3 Å². The molecule has 1 amide bonds. The van der Waals surface area contributed by atoms with Crippen molar-refractivity contribution < 1.29 is 18.7 Å². The second-order valence-electron chi connectivity index (χ2n) is 8.36. The molecule has 2 heterocycles. The fourth-order valence-electron chi connectivity index (χ4n) is 4.43. The van der Waals surface area contributed by atoms with Gasteiger partial charge < -0.3 is 19.1 Å². The molecule has 0 unspecified atom stereocenters. The first-order valence-electron chi connectivity index (χ1n) is 11.7. The van der Waals surface area contributed by atoms with Crippen molar-refractivity contribution in [1.82, 2.24) is 9.47 Å². The summed E-state index contributed by atoms with van der Waals surface area (Å²) >= 11 is 0. The molecular formula is C27H30FN3O3. The van der Waals surface area contributed by atoms with Crippen LogP contribution in [-0.4, -0.2) is 54.1 Å². The smallest absolute Gasteiger partial charge is 0.339 e. The lowest BCUT2D eigenvalue weighted by Crippen LogP contribution is -2.49. The van der Waals surface area contributed by atoms with Crippen molar-refractivity contribution in [2.75, 3.05) is 37.7 Å². The van der Waals surface area contributed by atoms with E-state index < -0.39 is 0 Å². The molecular weight excluding hydrogens is 433 g/mol. The molecule has 4 rings (SSSR count). The van der Waals surface area contributed by atoms with Gasteiger partial charge in [-0.2, -0.15) is 0 Å². The number of esters is 1. The third kappa shape index (κ3) is 5.14. The van der Waals surface area contributed by atoms with Crippen LogP contribution in [0.1, 0.15) is 29.4 Å². The summed E-state index contributed by atoms with van der Waals surface area (Å²) in [5, 5.41) is 0. The number of ether oxygens (including phenoxy) is 1. The molecule has 34 heavy (non-hydrogen) atoms. The summed E-state index contributed by atoms with van der Waals surface area (Å²) in [6, 6.07) is 18.2. The highest BCUT2D eigenvalue weighted by molar-refractivity contribution is 5.92. The van der Waals surface area contributed by atoms with Gasteiger partial charge in [0.05, 0.1) is 12.2 Å². The number of carbonyl (C=O) groups is 2. The fraction of sp³-hybridized carbons (Fsp3) is 0.333. The van der Waals surface area contributed by atoms with E-state index in [1.165, 1.54) is 12.1 Å². The van der Waals surface area contributed by atoms with Crippen molar-refractivity contribution in [2.24, 2.45) is 0 Å². The van der Waals surface area contributed by atoms with Crippen molar-refractivity contribution in [3.05, 3.63) is 77.7 Å². The molecule has 0 bridgehead atoms.